The molecule has 0 saturated carbocycles. The van der Waals surface area contributed by atoms with Gasteiger partial charge in [-0.3, -0.25) is 0 Å². The highest BCUT2D eigenvalue weighted by Gasteiger charge is 2.04. The molecule has 0 aromatic heterocycles. The van der Waals surface area contributed by atoms with Crippen molar-refractivity contribution >= 4 is 10.8 Å². The van der Waals surface area contributed by atoms with Gasteiger partial charge in [0.05, 0.1) is 0 Å². The zero-order chi connectivity index (χ0) is 10.8. The molecule has 0 heterocycles. The third kappa shape index (κ3) is 1.82. The van der Waals surface area contributed by atoms with Crippen LogP contribution in [0.2, 0.25) is 0 Å². The van der Waals surface area contributed by atoms with Crippen LogP contribution in [0.15, 0.2) is 30.3 Å². The molecule has 0 aliphatic rings. The molecule has 0 aliphatic heterocycles. The molecule has 0 bridgehead atoms. The zero-order valence-electron chi connectivity index (χ0n) is 9.25. The van der Waals surface area contributed by atoms with Crippen LogP contribution in [-0.4, -0.2) is 5.11 Å². The molecule has 0 unspecified atom stereocenters. The predicted molar refractivity (Wildman–Crippen MR) is 64.3 cm³/mol. The van der Waals surface area contributed by atoms with Gasteiger partial charge in [-0.15, -0.1) is 0 Å². The number of benzene rings is 2. The molecule has 15 heavy (non-hydrogen) atoms. The second-order valence-corrected chi connectivity index (χ2v) is 4.05. The summed E-state index contributed by atoms with van der Waals surface area (Å²) in [5, 5.41) is 11.9. The summed E-state index contributed by atoms with van der Waals surface area (Å²) in [6, 6.07) is 10.00. The van der Waals surface area contributed by atoms with Crippen LogP contribution in [0.3, 0.4) is 0 Å². The molecule has 0 radical (unpaired) electrons. The third-order valence-electron chi connectivity index (χ3n) is 2.72. The Kier molecular flexibility index (Phi) is 2.63. The van der Waals surface area contributed by atoms with Gasteiger partial charge in [-0.05, 0) is 36.4 Å². The molecule has 1 heteroatoms. The number of hydrogen-bond donors (Lipinski definition) is 1. The van der Waals surface area contributed by atoms with Gasteiger partial charge >= 0.3 is 0 Å². The number of aromatic hydroxyl groups is 1. The highest BCUT2D eigenvalue weighted by atomic mass is 16.3. The van der Waals surface area contributed by atoms with Gasteiger partial charge in [0, 0.05) is 5.39 Å². The van der Waals surface area contributed by atoms with Crippen LogP contribution in [0.1, 0.15) is 24.5 Å². The molecule has 2 aromatic carbocycles. The van der Waals surface area contributed by atoms with E-state index in [2.05, 4.69) is 26.0 Å². The molecule has 0 amide bonds. The van der Waals surface area contributed by atoms with Gasteiger partial charge in [-0.1, -0.05) is 37.1 Å². The van der Waals surface area contributed by atoms with Crippen molar-refractivity contribution in [3.05, 3.63) is 41.5 Å². The van der Waals surface area contributed by atoms with Gasteiger partial charge in [-0.2, -0.15) is 0 Å². The topological polar surface area (TPSA) is 20.2 Å². The van der Waals surface area contributed by atoms with E-state index in [0.717, 1.165) is 18.2 Å². The summed E-state index contributed by atoms with van der Waals surface area (Å²) < 4.78 is 0. The van der Waals surface area contributed by atoms with E-state index in [1.807, 2.05) is 12.1 Å². The van der Waals surface area contributed by atoms with E-state index < -0.39 is 0 Å². The number of phenolic OH excluding ortho intramolecular Hbond substituents is 1. The quantitative estimate of drug-likeness (QED) is 0.781. The molecule has 0 fully saturated rings. The van der Waals surface area contributed by atoms with Crippen molar-refractivity contribution in [2.45, 2.75) is 26.7 Å². The first-order valence-corrected chi connectivity index (χ1v) is 5.43. The highest BCUT2D eigenvalue weighted by Crippen LogP contribution is 2.28. The summed E-state index contributed by atoms with van der Waals surface area (Å²) in [5.41, 5.74) is 2.55. The minimum absolute atomic E-state index is 0.383. The van der Waals surface area contributed by atoms with Gasteiger partial charge in [0.1, 0.15) is 5.75 Å². The third-order valence-corrected chi connectivity index (χ3v) is 2.72. The Hall–Kier alpha value is -1.50. The van der Waals surface area contributed by atoms with Crippen LogP contribution < -0.4 is 0 Å². The van der Waals surface area contributed by atoms with Crippen molar-refractivity contribution in [1.82, 2.24) is 0 Å². The smallest absolute Gasteiger partial charge is 0.123 e. The monoisotopic (exact) mass is 200 g/mol. The molecule has 1 nitrogen and oxygen atoms in total. The van der Waals surface area contributed by atoms with Crippen LogP contribution in [0.5, 0.6) is 5.75 Å². The van der Waals surface area contributed by atoms with Gasteiger partial charge in [0.15, 0.2) is 0 Å². The minimum atomic E-state index is 0.383. The van der Waals surface area contributed by atoms with Gasteiger partial charge in [0.25, 0.3) is 0 Å². The Balaban J connectivity index is 2.74. The molecule has 2 rings (SSSR count). The van der Waals surface area contributed by atoms with Gasteiger partial charge in [0.2, 0.25) is 0 Å². The lowest BCUT2D eigenvalue weighted by Gasteiger charge is -2.08. The van der Waals surface area contributed by atoms with Crippen LogP contribution in [0.25, 0.3) is 10.8 Å². The van der Waals surface area contributed by atoms with E-state index in [0.29, 0.717) is 5.75 Å². The Bertz CT molecular complexity index is 486. The van der Waals surface area contributed by atoms with Crippen molar-refractivity contribution in [1.29, 1.82) is 0 Å². The highest BCUT2D eigenvalue weighted by molar-refractivity contribution is 5.91. The van der Waals surface area contributed by atoms with E-state index in [1.165, 1.54) is 16.5 Å². The Morgan fingerprint density at radius 3 is 2.67 bits per heavy atom. The summed E-state index contributed by atoms with van der Waals surface area (Å²) in [4.78, 5) is 0. The van der Waals surface area contributed by atoms with Crippen LogP contribution in [-0.2, 0) is 6.42 Å². The number of phenols is 1. The summed E-state index contributed by atoms with van der Waals surface area (Å²) in [6.07, 6.45) is 2.20. The van der Waals surface area contributed by atoms with Crippen molar-refractivity contribution in [3.8, 4) is 5.75 Å². The second kappa shape index (κ2) is 3.93. The first-order valence-electron chi connectivity index (χ1n) is 5.43. The fraction of sp³-hybridized carbons (Fsp3) is 0.286. The fourth-order valence-electron chi connectivity index (χ4n) is 2.08. The maximum absolute atomic E-state index is 9.79. The van der Waals surface area contributed by atoms with Crippen LogP contribution >= 0.6 is 0 Å². The maximum atomic E-state index is 9.79. The average molecular weight is 200 g/mol. The van der Waals surface area contributed by atoms with Gasteiger partial charge < -0.3 is 5.11 Å². The molecule has 0 saturated heterocycles. The number of aryl methyl sites for hydroxylation is 2. The summed E-state index contributed by atoms with van der Waals surface area (Å²) >= 11 is 0. The van der Waals surface area contributed by atoms with E-state index >= 15 is 0 Å². The lowest BCUT2D eigenvalue weighted by molar-refractivity contribution is 0.481. The Labute approximate surface area is 90.4 Å². The maximum Gasteiger partial charge on any atom is 0.123 e. The fourth-order valence-corrected chi connectivity index (χ4v) is 2.08. The lowest BCUT2D eigenvalue weighted by Crippen LogP contribution is -1.88. The van der Waals surface area contributed by atoms with E-state index in [1.54, 1.807) is 6.07 Å². The summed E-state index contributed by atoms with van der Waals surface area (Å²) in [6.45, 7) is 4.25. The number of fused-ring (bicyclic) bond motifs is 1. The van der Waals surface area contributed by atoms with Crippen molar-refractivity contribution < 1.29 is 5.11 Å². The van der Waals surface area contributed by atoms with E-state index in [4.69, 9.17) is 0 Å². The molecule has 78 valence electrons. The molecule has 0 atom stereocenters. The first kappa shape index (κ1) is 10.0. The molecular formula is C14H16O. The first-order chi connectivity index (χ1) is 7.22. The summed E-state index contributed by atoms with van der Waals surface area (Å²) in [5.74, 6) is 0.383. The van der Waals surface area contributed by atoms with E-state index in [9.17, 15) is 5.11 Å². The van der Waals surface area contributed by atoms with Crippen LogP contribution in [0, 0.1) is 6.92 Å². The second-order valence-electron chi connectivity index (χ2n) is 4.05. The molecular weight excluding hydrogens is 184 g/mol. The van der Waals surface area contributed by atoms with Crippen molar-refractivity contribution in [3.63, 3.8) is 0 Å². The minimum Gasteiger partial charge on any atom is -0.507 e. The van der Waals surface area contributed by atoms with Crippen molar-refractivity contribution in [2.24, 2.45) is 0 Å². The Morgan fingerprint density at radius 2 is 1.93 bits per heavy atom. The van der Waals surface area contributed by atoms with E-state index in [-0.39, 0.29) is 0 Å². The molecule has 0 aliphatic carbocycles. The summed E-state index contributed by atoms with van der Waals surface area (Å²) in [7, 11) is 0. The zero-order valence-corrected chi connectivity index (χ0v) is 9.25. The molecule has 2 aromatic rings. The molecule has 0 spiro atoms. The predicted octanol–water partition coefficient (Wildman–Crippen LogP) is 3.81. The van der Waals surface area contributed by atoms with Crippen LogP contribution in [0.4, 0.5) is 0 Å². The normalized spacial score (nSPS) is 10.8. The largest absolute Gasteiger partial charge is 0.507 e. The standard InChI is InChI=1S/C14H16O/c1-3-5-11-8-10(2)9-13-12(11)6-4-7-14(13)15/h4,6-9,15H,3,5H2,1-2H3. The van der Waals surface area contributed by atoms with Gasteiger partial charge in [-0.25, -0.2) is 0 Å². The van der Waals surface area contributed by atoms with Crippen molar-refractivity contribution in [2.75, 3.05) is 0 Å². The number of rotatable bonds is 2. The number of hydrogen-bond acceptors (Lipinski definition) is 1. The average Bonchev–Trinajstić information content (AvgIpc) is 2.20. The SMILES string of the molecule is CCCc1cc(C)cc2c(O)cccc12. The lowest BCUT2D eigenvalue weighted by atomic mass is 9.98. The Morgan fingerprint density at radius 1 is 1.13 bits per heavy atom. The molecule has 1 N–H and O–H groups in total.